The van der Waals surface area contributed by atoms with Crippen molar-refractivity contribution < 1.29 is 13.5 Å². The van der Waals surface area contributed by atoms with Crippen LogP contribution < -0.4 is 4.90 Å². The molecule has 0 spiro atoms. The zero-order chi connectivity index (χ0) is 24.4. The van der Waals surface area contributed by atoms with Crippen molar-refractivity contribution in [3.8, 4) is 0 Å². The first-order chi connectivity index (χ1) is 17.0. The van der Waals surface area contributed by atoms with Crippen LogP contribution in [0.25, 0.3) is 5.57 Å². The third-order valence-electron chi connectivity index (χ3n) is 8.03. The Morgan fingerprint density at radius 2 is 1.86 bits per heavy atom. The highest BCUT2D eigenvalue weighted by Gasteiger charge is 2.46. The van der Waals surface area contributed by atoms with Crippen molar-refractivity contribution in [3.63, 3.8) is 0 Å². The van der Waals surface area contributed by atoms with Gasteiger partial charge in [-0.05, 0) is 72.6 Å². The van der Waals surface area contributed by atoms with Crippen LogP contribution >= 0.6 is 0 Å². The fraction of sp³-hybridized carbons (Fsp3) is 0.533. The second-order valence-corrected chi connectivity index (χ2v) is 10.7. The Kier molecular flexibility index (Phi) is 7.26. The number of hydrogen-bond donors (Lipinski definition) is 0. The van der Waals surface area contributed by atoms with Crippen LogP contribution in [0.3, 0.4) is 0 Å². The average molecular weight is 481 g/mol. The zero-order valence-electron chi connectivity index (χ0n) is 21.1. The molecule has 0 amide bonds. The van der Waals surface area contributed by atoms with Crippen LogP contribution in [-0.4, -0.2) is 56.6 Å². The molecule has 2 aromatic rings. The molecule has 1 fully saturated rings. The number of benzene rings is 2. The van der Waals surface area contributed by atoms with Crippen molar-refractivity contribution in [1.82, 2.24) is 4.90 Å². The molecule has 2 heterocycles. The van der Waals surface area contributed by atoms with Crippen molar-refractivity contribution in [2.24, 2.45) is 0 Å². The lowest BCUT2D eigenvalue weighted by Crippen LogP contribution is -2.56. The molecular formula is C30H38F2N2O. The predicted octanol–water partition coefficient (Wildman–Crippen LogP) is 6.54. The van der Waals surface area contributed by atoms with Gasteiger partial charge in [-0.2, -0.15) is 0 Å². The van der Waals surface area contributed by atoms with Crippen molar-refractivity contribution >= 4 is 11.3 Å². The molecule has 3 nitrogen and oxygen atoms in total. The number of ether oxygens (including phenoxy) is 1. The third kappa shape index (κ3) is 5.03. The Morgan fingerprint density at radius 3 is 2.63 bits per heavy atom. The van der Waals surface area contributed by atoms with E-state index < -0.39 is 5.67 Å². The SMILES string of the molecule is C[C@@H]1CC2=C(Cc3ccccc32)[C@@H](c2cccc(N(C)CCCCCCF)c2)N1CC1(F)COC1. The fourth-order valence-corrected chi connectivity index (χ4v) is 6.06. The van der Waals surface area contributed by atoms with E-state index in [0.29, 0.717) is 13.0 Å². The van der Waals surface area contributed by atoms with E-state index >= 15 is 4.39 Å². The van der Waals surface area contributed by atoms with E-state index in [0.717, 1.165) is 38.6 Å². The summed E-state index contributed by atoms with van der Waals surface area (Å²) in [5, 5.41) is 0. The van der Waals surface area contributed by atoms with Gasteiger partial charge in [0.25, 0.3) is 0 Å². The summed E-state index contributed by atoms with van der Waals surface area (Å²) in [7, 11) is 2.13. The minimum absolute atomic E-state index is 0.0623. The summed E-state index contributed by atoms with van der Waals surface area (Å²) in [5.41, 5.74) is 6.82. The van der Waals surface area contributed by atoms with Crippen LogP contribution in [0.5, 0.6) is 0 Å². The lowest BCUT2D eigenvalue weighted by molar-refractivity contribution is -0.147. The van der Waals surface area contributed by atoms with E-state index in [1.54, 1.807) is 0 Å². The quantitative estimate of drug-likeness (QED) is 0.359. The number of fused-ring (bicyclic) bond motifs is 2. The highest BCUT2D eigenvalue weighted by Crippen LogP contribution is 2.49. The Morgan fingerprint density at radius 1 is 1.06 bits per heavy atom. The van der Waals surface area contributed by atoms with Gasteiger partial charge in [0.05, 0.1) is 25.9 Å². The van der Waals surface area contributed by atoms with Gasteiger partial charge in [0.15, 0.2) is 5.67 Å². The predicted molar refractivity (Wildman–Crippen MR) is 139 cm³/mol. The second kappa shape index (κ2) is 10.4. The zero-order valence-corrected chi connectivity index (χ0v) is 21.1. The summed E-state index contributed by atoms with van der Waals surface area (Å²) < 4.78 is 33.0. The number of hydrogen-bond acceptors (Lipinski definition) is 3. The Labute approximate surface area is 208 Å². The molecule has 0 unspecified atom stereocenters. The maximum Gasteiger partial charge on any atom is 0.169 e. The summed E-state index contributed by atoms with van der Waals surface area (Å²) in [5.74, 6) is 0. The first-order valence-electron chi connectivity index (χ1n) is 13.2. The van der Waals surface area contributed by atoms with Crippen molar-refractivity contribution in [2.45, 2.75) is 63.2 Å². The smallest absolute Gasteiger partial charge is 0.169 e. The standard InChI is InChI=1S/C30H38F2N2O/c1-22-16-27-26-13-6-5-10-23(26)18-28(27)29(34(22)19-30(32)20-35-21-30)24-11-9-12-25(17-24)33(2)15-8-4-3-7-14-31/h5-6,9-13,17,22,29H,3-4,7-8,14-16,18-21H2,1-2H3/t22-,29-/m1/s1. The second-order valence-electron chi connectivity index (χ2n) is 10.7. The van der Waals surface area contributed by atoms with Crippen molar-refractivity contribution in [2.75, 3.05) is 44.9 Å². The summed E-state index contributed by atoms with van der Waals surface area (Å²) >= 11 is 0. The van der Waals surface area contributed by atoms with E-state index in [4.69, 9.17) is 4.74 Å². The third-order valence-corrected chi connectivity index (χ3v) is 8.03. The van der Waals surface area contributed by atoms with Crippen LogP contribution in [0.1, 0.15) is 61.8 Å². The largest absolute Gasteiger partial charge is 0.375 e. The molecule has 3 aliphatic rings. The molecule has 0 radical (unpaired) electrons. The molecule has 2 atom stereocenters. The lowest BCUT2D eigenvalue weighted by Gasteiger charge is -2.47. The van der Waals surface area contributed by atoms with Gasteiger partial charge in [0.2, 0.25) is 0 Å². The van der Waals surface area contributed by atoms with E-state index in [1.807, 2.05) is 0 Å². The van der Waals surface area contributed by atoms with E-state index in [1.165, 1.54) is 33.5 Å². The Bertz CT molecular complexity index is 1060. The molecule has 0 saturated carbocycles. The van der Waals surface area contributed by atoms with Crippen LogP contribution in [0.4, 0.5) is 14.5 Å². The molecule has 35 heavy (non-hydrogen) atoms. The van der Waals surface area contributed by atoms with Gasteiger partial charge < -0.3 is 9.64 Å². The van der Waals surface area contributed by atoms with Gasteiger partial charge in [-0.3, -0.25) is 9.29 Å². The Hall–Kier alpha value is -2.24. The van der Waals surface area contributed by atoms with Gasteiger partial charge >= 0.3 is 0 Å². The van der Waals surface area contributed by atoms with Crippen LogP contribution in [0.15, 0.2) is 54.1 Å². The minimum Gasteiger partial charge on any atom is -0.375 e. The molecule has 2 aliphatic heterocycles. The fourth-order valence-electron chi connectivity index (χ4n) is 6.06. The van der Waals surface area contributed by atoms with Gasteiger partial charge in [0.1, 0.15) is 0 Å². The summed E-state index contributed by atoms with van der Waals surface area (Å²) in [6.45, 7) is 3.77. The first kappa shape index (κ1) is 24.5. The molecule has 0 N–H and O–H groups in total. The topological polar surface area (TPSA) is 15.7 Å². The molecule has 5 heteroatoms. The summed E-state index contributed by atoms with van der Waals surface area (Å²) in [6.07, 6.45) is 5.61. The summed E-state index contributed by atoms with van der Waals surface area (Å²) in [6, 6.07) is 17.9. The monoisotopic (exact) mass is 480 g/mol. The van der Waals surface area contributed by atoms with Crippen LogP contribution in [0.2, 0.25) is 0 Å². The van der Waals surface area contributed by atoms with Crippen molar-refractivity contribution in [1.29, 1.82) is 0 Å². The lowest BCUT2D eigenvalue weighted by atomic mass is 9.84. The maximum atomic E-state index is 15.4. The molecule has 0 aromatic heterocycles. The van der Waals surface area contributed by atoms with Gasteiger partial charge in [-0.25, -0.2) is 4.39 Å². The summed E-state index contributed by atoms with van der Waals surface area (Å²) in [4.78, 5) is 4.69. The molecular weight excluding hydrogens is 442 g/mol. The number of unbranched alkanes of at least 4 members (excludes halogenated alkanes) is 3. The highest BCUT2D eigenvalue weighted by atomic mass is 19.1. The number of nitrogens with zero attached hydrogens (tertiary/aromatic N) is 2. The van der Waals surface area contributed by atoms with Crippen molar-refractivity contribution in [3.05, 3.63) is 70.8 Å². The number of anilines is 1. The average Bonchev–Trinajstić information content (AvgIpc) is 3.21. The van der Waals surface area contributed by atoms with Gasteiger partial charge in [-0.15, -0.1) is 0 Å². The Balaban J connectivity index is 1.44. The number of halogens is 2. The molecule has 0 bridgehead atoms. The number of rotatable bonds is 10. The van der Waals surface area contributed by atoms with Gasteiger partial charge in [-0.1, -0.05) is 49.2 Å². The molecule has 1 aliphatic carbocycles. The van der Waals surface area contributed by atoms with Crippen LogP contribution in [0, 0.1) is 0 Å². The molecule has 2 aromatic carbocycles. The highest BCUT2D eigenvalue weighted by molar-refractivity contribution is 5.79. The van der Waals surface area contributed by atoms with E-state index in [2.05, 4.69) is 72.3 Å². The normalized spacial score (nSPS) is 23.1. The first-order valence-corrected chi connectivity index (χ1v) is 13.2. The molecule has 1 saturated heterocycles. The van der Waals surface area contributed by atoms with E-state index in [9.17, 15) is 4.39 Å². The number of alkyl halides is 2. The maximum absolute atomic E-state index is 15.4. The molecule has 5 rings (SSSR count). The minimum atomic E-state index is -1.26. The van der Waals surface area contributed by atoms with E-state index in [-0.39, 0.29) is 32.0 Å². The molecule has 188 valence electrons. The van der Waals surface area contributed by atoms with Gasteiger partial charge in [0, 0.05) is 31.9 Å². The van der Waals surface area contributed by atoms with Crippen LogP contribution in [-0.2, 0) is 11.2 Å².